The Balaban J connectivity index is 2.22. The fraction of sp³-hybridized carbons (Fsp3) is 0.778. The number of hydrogen-bond donors (Lipinski definition) is 2. The van der Waals surface area contributed by atoms with E-state index >= 15 is 0 Å². The molecule has 0 heterocycles. The summed E-state index contributed by atoms with van der Waals surface area (Å²) in [5.74, 6) is 0.668. The van der Waals surface area contributed by atoms with Gasteiger partial charge in [0.05, 0.1) is 6.61 Å². The minimum Gasteiger partial charge on any atom is -0.392 e. The average molecular weight is 155 g/mol. The van der Waals surface area contributed by atoms with Crippen molar-refractivity contribution in [2.75, 3.05) is 6.61 Å². The van der Waals surface area contributed by atoms with Gasteiger partial charge in [0.15, 0.2) is 0 Å². The van der Waals surface area contributed by atoms with Crippen molar-refractivity contribution in [3.05, 3.63) is 12.2 Å². The van der Waals surface area contributed by atoms with E-state index in [4.69, 9.17) is 10.8 Å². The van der Waals surface area contributed by atoms with Crippen molar-refractivity contribution >= 4 is 0 Å². The van der Waals surface area contributed by atoms with Crippen molar-refractivity contribution in [3.63, 3.8) is 0 Å². The van der Waals surface area contributed by atoms with Crippen LogP contribution in [0.2, 0.25) is 0 Å². The van der Waals surface area contributed by atoms with Crippen molar-refractivity contribution in [2.24, 2.45) is 11.7 Å². The molecule has 0 bridgehead atoms. The molecule has 2 heteroatoms. The minimum atomic E-state index is 0.169. The van der Waals surface area contributed by atoms with Crippen molar-refractivity contribution in [1.82, 2.24) is 0 Å². The summed E-state index contributed by atoms with van der Waals surface area (Å²) in [4.78, 5) is 0. The van der Waals surface area contributed by atoms with Crippen LogP contribution in [0.4, 0.5) is 0 Å². The first kappa shape index (κ1) is 8.75. The normalized spacial score (nSPS) is 32.9. The molecule has 0 aromatic rings. The van der Waals surface area contributed by atoms with Crippen LogP contribution in [-0.4, -0.2) is 17.8 Å². The van der Waals surface area contributed by atoms with Crippen LogP contribution in [0.3, 0.4) is 0 Å². The Labute approximate surface area is 68.1 Å². The number of allylic oxidation sites excluding steroid dienone is 1. The van der Waals surface area contributed by atoms with Crippen molar-refractivity contribution in [2.45, 2.75) is 31.7 Å². The van der Waals surface area contributed by atoms with Crippen LogP contribution in [0.5, 0.6) is 0 Å². The molecule has 11 heavy (non-hydrogen) atoms. The molecule has 1 aliphatic carbocycles. The smallest absolute Gasteiger partial charge is 0.0612 e. The van der Waals surface area contributed by atoms with Crippen molar-refractivity contribution < 1.29 is 5.11 Å². The van der Waals surface area contributed by atoms with Gasteiger partial charge in [0.2, 0.25) is 0 Å². The molecule has 2 nitrogen and oxygen atoms in total. The Morgan fingerprint density at radius 3 is 2.45 bits per heavy atom. The fourth-order valence-corrected chi connectivity index (χ4v) is 1.59. The van der Waals surface area contributed by atoms with E-state index in [0.29, 0.717) is 12.0 Å². The maximum atomic E-state index is 8.54. The van der Waals surface area contributed by atoms with Crippen LogP contribution >= 0.6 is 0 Å². The SMILES string of the molecule is N[C@H]1CC[C@H](/C=C/CO)CC1. The van der Waals surface area contributed by atoms with E-state index in [1.807, 2.05) is 6.08 Å². The zero-order valence-electron chi connectivity index (χ0n) is 6.87. The maximum Gasteiger partial charge on any atom is 0.0612 e. The summed E-state index contributed by atoms with van der Waals surface area (Å²) in [6, 6.07) is 0.425. The number of nitrogens with two attached hydrogens (primary N) is 1. The molecule has 1 aliphatic rings. The van der Waals surface area contributed by atoms with Crippen LogP contribution in [0.15, 0.2) is 12.2 Å². The summed E-state index contributed by atoms with van der Waals surface area (Å²) in [5.41, 5.74) is 5.75. The summed E-state index contributed by atoms with van der Waals surface area (Å²) in [6.07, 6.45) is 8.61. The Bertz CT molecular complexity index is 126. The van der Waals surface area contributed by atoms with Crippen LogP contribution in [-0.2, 0) is 0 Å². The standard InChI is InChI=1S/C9H17NO/c10-9-5-3-8(4-6-9)2-1-7-11/h1-2,8-9,11H,3-7,10H2/b2-1+/t8-,9-. The van der Waals surface area contributed by atoms with Crippen molar-refractivity contribution in [1.29, 1.82) is 0 Å². The highest BCUT2D eigenvalue weighted by Crippen LogP contribution is 2.23. The third-order valence-corrected chi connectivity index (χ3v) is 2.33. The van der Waals surface area contributed by atoms with Gasteiger partial charge in [-0.05, 0) is 31.6 Å². The molecule has 0 spiro atoms. The summed E-state index contributed by atoms with van der Waals surface area (Å²) in [6.45, 7) is 0.169. The third-order valence-electron chi connectivity index (χ3n) is 2.33. The molecule has 1 fully saturated rings. The van der Waals surface area contributed by atoms with E-state index in [9.17, 15) is 0 Å². The van der Waals surface area contributed by atoms with Gasteiger partial charge in [-0.2, -0.15) is 0 Å². The quantitative estimate of drug-likeness (QED) is 0.585. The van der Waals surface area contributed by atoms with E-state index in [2.05, 4.69) is 6.08 Å². The zero-order valence-corrected chi connectivity index (χ0v) is 6.87. The summed E-state index contributed by atoms with van der Waals surface area (Å²) < 4.78 is 0. The van der Waals surface area contributed by atoms with Crippen LogP contribution < -0.4 is 5.73 Å². The summed E-state index contributed by atoms with van der Waals surface area (Å²) >= 11 is 0. The highest BCUT2D eigenvalue weighted by Gasteiger charge is 2.15. The molecule has 0 aliphatic heterocycles. The maximum absolute atomic E-state index is 8.54. The molecule has 0 unspecified atom stereocenters. The lowest BCUT2D eigenvalue weighted by atomic mass is 9.86. The van der Waals surface area contributed by atoms with E-state index in [1.54, 1.807) is 0 Å². The molecule has 0 aromatic heterocycles. The van der Waals surface area contributed by atoms with Gasteiger partial charge in [-0.25, -0.2) is 0 Å². The predicted molar refractivity (Wildman–Crippen MR) is 46.2 cm³/mol. The summed E-state index contributed by atoms with van der Waals surface area (Å²) in [5, 5.41) is 8.54. The molecule has 0 amide bonds. The number of aliphatic hydroxyl groups is 1. The van der Waals surface area contributed by atoms with Gasteiger partial charge in [0.1, 0.15) is 0 Å². The molecule has 64 valence electrons. The zero-order chi connectivity index (χ0) is 8.10. The first-order valence-corrected chi connectivity index (χ1v) is 4.36. The predicted octanol–water partition coefficient (Wildman–Crippen LogP) is 1.05. The number of hydrogen-bond acceptors (Lipinski definition) is 2. The van der Waals surface area contributed by atoms with Gasteiger partial charge in [0, 0.05) is 6.04 Å². The molecular formula is C9H17NO. The molecule has 0 atom stereocenters. The number of rotatable bonds is 2. The molecule has 0 saturated heterocycles. The molecule has 1 saturated carbocycles. The van der Waals surface area contributed by atoms with Gasteiger partial charge in [-0.1, -0.05) is 12.2 Å². The molecule has 3 N–H and O–H groups in total. The fourth-order valence-electron chi connectivity index (χ4n) is 1.59. The lowest BCUT2D eigenvalue weighted by Gasteiger charge is -2.23. The first-order chi connectivity index (χ1) is 5.33. The monoisotopic (exact) mass is 155 g/mol. The first-order valence-electron chi connectivity index (χ1n) is 4.36. The average Bonchev–Trinajstić information content (AvgIpc) is 2.04. The van der Waals surface area contributed by atoms with E-state index < -0.39 is 0 Å². The lowest BCUT2D eigenvalue weighted by Crippen LogP contribution is -2.25. The molecule has 0 aromatic carbocycles. The second kappa shape index (κ2) is 4.52. The van der Waals surface area contributed by atoms with Crippen molar-refractivity contribution in [3.8, 4) is 0 Å². The van der Waals surface area contributed by atoms with Crippen LogP contribution in [0, 0.1) is 5.92 Å². The largest absolute Gasteiger partial charge is 0.392 e. The summed E-state index contributed by atoms with van der Waals surface area (Å²) in [7, 11) is 0. The van der Waals surface area contributed by atoms with Gasteiger partial charge in [0.25, 0.3) is 0 Å². The van der Waals surface area contributed by atoms with E-state index in [0.717, 1.165) is 12.8 Å². The topological polar surface area (TPSA) is 46.2 Å². The van der Waals surface area contributed by atoms with E-state index in [-0.39, 0.29) is 6.61 Å². The van der Waals surface area contributed by atoms with E-state index in [1.165, 1.54) is 12.8 Å². The second-order valence-electron chi connectivity index (χ2n) is 3.29. The van der Waals surface area contributed by atoms with Crippen LogP contribution in [0.1, 0.15) is 25.7 Å². The lowest BCUT2D eigenvalue weighted by molar-refractivity contribution is 0.337. The van der Waals surface area contributed by atoms with Gasteiger partial charge in [-0.15, -0.1) is 0 Å². The molecular weight excluding hydrogens is 138 g/mol. The van der Waals surface area contributed by atoms with Crippen LogP contribution in [0.25, 0.3) is 0 Å². The highest BCUT2D eigenvalue weighted by atomic mass is 16.2. The Kier molecular flexibility index (Phi) is 3.60. The minimum absolute atomic E-state index is 0.169. The molecule has 0 radical (unpaired) electrons. The number of aliphatic hydroxyl groups excluding tert-OH is 1. The Morgan fingerprint density at radius 1 is 1.27 bits per heavy atom. The Morgan fingerprint density at radius 2 is 1.91 bits per heavy atom. The Hall–Kier alpha value is -0.340. The van der Waals surface area contributed by atoms with Gasteiger partial charge >= 0.3 is 0 Å². The molecule has 1 rings (SSSR count). The van der Waals surface area contributed by atoms with Gasteiger partial charge < -0.3 is 10.8 Å². The highest BCUT2D eigenvalue weighted by molar-refractivity contribution is 4.91. The second-order valence-corrected chi connectivity index (χ2v) is 3.29. The van der Waals surface area contributed by atoms with Gasteiger partial charge in [-0.3, -0.25) is 0 Å². The third kappa shape index (κ3) is 3.04.